The van der Waals surface area contributed by atoms with E-state index in [4.69, 9.17) is 0 Å². The minimum absolute atomic E-state index is 0.244. The van der Waals surface area contributed by atoms with Crippen LogP contribution < -0.4 is 0 Å². The van der Waals surface area contributed by atoms with Gasteiger partial charge < -0.3 is 0 Å². The Morgan fingerprint density at radius 3 is 2.41 bits per heavy atom. The average molecular weight is 331 g/mol. The molecule has 0 atom stereocenters. The van der Waals surface area contributed by atoms with Crippen molar-refractivity contribution in [2.75, 3.05) is 12.5 Å². The van der Waals surface area contributed by atoms with Crippen molar-refractivity contribution >= 4 is 35.4 Å². The van der Waals surface area contributed by atoms with E-state index in [0.29, 0.717) is 0 Å². The van der Waals surface area contributed by atoms with Crippen molar-refractivity contribution in [3.05, 3.63) is 63.4 Å². The van der Waals surface area contributed by atoms with Crippen LogP contribution in [0.5, 0.6) is 0 Å². The summed E-state index contributed by atoms with van der Waals surface area (Å²) in [6.45, 7) is 0. The van der Waals surface area contributed by atoms with Gasteiger partial charge in [-0.3, -0.25) is 4.79 Å². The van der Waals surface area contributed by atoms with E-state index in [1.54, 1.807) is 23.5 Å². The van der Waals surface area contributed by atoms with Gasteiger partial charge in [0, 0.05) is 9.81 Å². The van der Waals surface area contributed by atoms with Gasteiger partial charge in [0.25, 0.3) is 0 Å². The average Bonchev–Trinajstić information content (AvgIpc) is 2.73. The topological polar surface area (TPSA) is 17.1 Å². The lowest BCUT2D eigenvalue weighted by atomic mass is 10.0. The second-order valence-corrected chi connectivity index (χ2v) is 7.06. The lowest BCUT2D eigenvalue weighted by Gasteiger charge is -2.09. The summed E-state index contributed by atoms with van der Waals surface area (Å²) in [6, 6.07) is 10.2. The van der Waals surface area contributed by atoms with E-state index < -0.39 is 0 Å². The molecule has 0 aromatic heterocycles. The van der Waals surface area contributed by atoms with Gasteiger partial charge in [0.15, 0.2) is 5.78 Å². The molecule has 1 fully saturated rings. The largest absolute Gasteiger partial charge is 0.289 e. The van der Waals surface area contributed by atoms with Gasteiger partial charge in [-0.2, -0.15) is 0 Å². The van der Waals surface area contributed by atoms with Crippen LogP contribution in [0.2, 0.25) is 0 Å². The predicted molar refractivity (Wildman–Crippen MR) is 101 cm³/mol. The van der Waals surface area contributed by atoms with Crippen molar-refractivity contribution in [3.63, 3.8) is 0 Å². The summed E-state index contributed by atoms with van der Waals surface area (Å²) in [7, 11) is 0. The highest BCUT2D eigenvalue weighted by atomic mass is 32.2. The molecule has 0 bridgehead atoms. The zero-order chi connectivity index (χ0) is 15.8. The van der Waals surface area contributed by atoms with Gasteiger partial charge in [0.05, 0.1) is 0 Å². The second kappa shape index (κ2) is 9.06. The summed E-state index contributed by atoms with van der Waals surface area (Å²) in [5.41, 5.74) is 3.11. The molecule has 1 saturated carbocycles. The highest BCUT2D eigenvalue weighted by Gasteiger charge is 2.21. The predicted octanol–water partition coefficient (Wildman–Crippen LogP) is 5.71. The zero-order valence-corrected chi connectivity index (χ0v) is 14.8. The molecule has 1 aliphatic rings. The minimum Gasteiger partial charge on any atom is -0.289 e. The highest BCUT2D eigenvalue weighted by Crippen LogP contribution is 2.34. The Morgan fingerprint density at radius 2 is 1.73 bits per heavy atom. The van der Waals surface area contributed by atoms with Crippen LogP contribution in [0.15, 0.2) is 57.9 Å². The second-order valence-electron chi connectivity index (χ2n) is 5.17. The quantitative estimate of drug-likeness (QED) is 0.520. The summed E-state index contributed by atoms with van der Waals surface area (Å²) in [6.07, 6.45) is 14.2. The van der Waals surface area contributed by atoms with E-state index in [2.05, 4.69) is 30.7 Å². The van der Waals surface area contributed by atoms with E-state index in [1.807, 2.05) is 30.4 Å². The van der Waals surface area contributed by atoms with Crippen LogP contribution in [0.25, 0.3) is 6.08 Å². The number of Topliss-reactive ketones (excluding diaryl/α,β-unsaturated/α-hetero) is 1. The molecule has 116 valence electrons. The fourth-order valence-electron chi connectivity index (χ4n) is 2.56. The first-order valence-electron chi connectivity index (χ1n) is 7.54. The highest BCUT2D eigenvalue weighted by molar-refractivity contribution is 8.21. The standard InChI is InChI=1S/C19H22OS2/c1-21-19(22-2)17-14-7-6-12-16(18(17)20)13-8-11-15-9-4-3-5-10-15/h3-5,8-11,13H,6-7,12,14H2,1-2H3. The molecule has 1 aromatic carbocycles. The van der Waals surface area contributed by atoms with Gasteiger partial charge in [-0.1, -0.05) is 48.6 Å². The van der Waals surface area contributed by atoms with Crippen molar-refractivity contribution < 1.29 is 4.79 Å². The molecule has 0 heterocycles. The van der Waals surface area contributed by atoms with Gasteiger partial charge in [-0.05, 0) is 49.3 Å². The summed E-state index contributed by atoms with van der Waals surface area (Å²) < 4.78 is 1.17. The van der Waals surface area contributed by atoms with Crippen LogP contribution in [0.1, 0.15) is 31.2 Å². The number of thioether (sulfide) groups is 2. The van der Waals surface area contributed by atoms with E-state index in [9.17, 15) is 4.79 Å². The molecule has 22 heavy (non-hydrogen) atoms. The Hall–Kier alpha value is -1.19. The Balaban J connectivity index is 2.22. The third-order valence-corrected chi connectivity index (χ3v) is 5.93. The summed E-state index contributed by atoms with van der Waals surface area (Å²) in [5, 5.41) is 0. The minimum atomic E-state index is 0.244. The lowest BCUT2D eigenvalue weighted by molar-refractivity contribution is -0.112. The Bertz CT molecular complexity index is 591. The van der Waals surface area contributed by atoms with E-state index in [1.165, 1.54) is 4.24 Å². The summed E-state index contributed by atoms with van der Waals surface area (Å²) >= 11 is 3.38. The van der Waals surface area contributed by atoms with Crippen molar-refractivity contribution in [2.45, 2.75) is 25.7 Å². The molecule has 0 saturated heterocycles. The maximum Gasteiger partial charge on any atom is 0.186 e. The smallest absolute Gasteiger partial charge is 0.186 e. The zero-order valence-electron chi connectivity index (χ0n) is 13.2. The normalized spacial score (nSPS) is 18.0. The first-order chi connectivity index (χ1) is 10.8. The molecule has 0 spiro atoms. The number of carbonyl (C=O) groups excluding carboxylic acids is 1. The number of ketones is 1. The fraction of sp³-hybridized carbons (Fsp3) is 0.316. The van der Waals surface area contributed by atoms with Gasteiger partial charge in [0.1, 0.15) is 0 Å². The van der Waals surface area contributed by atoms with Crippen molar-refractivity contribution in [2.24, 2.45) is 0 Å². The molecule has 1 aliphatic carbocycles. The monoisotopic (exact) mass is 330 g/mol. The van der Waals surface area contributed by atoms with Gasteiger partial charge in [-0.25, -0.2) is 0 Å². The summed E-state index contributed by atoms with van der Waals surface area (Å²) in [4.78, 5) is 12.8. The summed E-state index contributed by atoms with van der Waals surface area (Å²) in [5.74, 6) is 0.244. The number of carbonyl (C=O) groups is 1. The maximum atomic E-state index is 12.8. The van der Waals surface area contributed by atoms with Crippen molar-refractivity contribution in [3.8, 4) is 0 Å². The first kappa shape index (κ1) is 17.2. The Morgan fingerprint density at radius 1 is 1.05 bits per heavy atom. The van der Waals surface area contributed by atoms with Gasteiger partial charge in [-0.15, -0.1) is 23.5 Å². The molecule has 0 aliphatic heterocycles. The number of allylic oxidation sites excluding steroid dienone is 4. The lowest BCUT2D eigenvalue weighted by Crippen LogP contribution is -2.05. The van der Waals surface area contributed by atoms with Crippen LogP contribution in [0.4, 0.5) is 0 Å². The molecule has 0 unspecified atom stereocenters. The number of benzene rings is 1. The van der Waals surface area contributed by atoms with Gasteiger partial charge in [0.2, 0.25) is 0 Å². The molecule has 3 heteroatoms. The van der Waals surface area contributed by atoms with E-state index in [0.717, 1.165) is 42.4 Å². The first-order valence-corrected chi connectivity index (χ1v) is 9.99. The number of hydrogen-bond acceptors (Lipinski definition) is 3. The molecule has 1 nitrogen and oxygen atoms in total. The van der Waals surface area contributed by atoms with Crippen LogP contribution in [-0.4, -0.2) is 18.3 Å². The van der Waals surface area contributed by atoms with Crippen LogP contribution in [0.3, 0.4) is 0 Å². The van der Waals surface area contributed by atoms with Crippen LogP contribution in [-0.2, 0) is 4.79 Å². The van der Waals surface area contributed by atoms with Crippen LogP contribution >= 0.6 is 23.5 Å². The molecule has 0 amide bonds. The van der Waals surface area contributed by atoms with E-state index in [-0.39, 0.29) is 5.78 Å². The molecular formula is C19H22OS2. The third kappa shape index (κ3) is 4.65. The number of rotatable bonds is 4. The maximum absolute atomic E-state index is 12.8. The fourth-order valence-corrected chi connectivity index (χ4v) is 4.11. The third-order valence-electron chi connectivity index (χ3n) is 3.69. The van der Waals surface area contributed by atoms with Gasteiger partial charge >= 0.3 is 0 Å². The number of hydrogen-bond donors (Lipinski definition) is 0. The van der Waals surface area contributed by atoms with Crippen molar-refractivity contribution in [1.82, 2.24) is 0 Å². The SMILES string of the molecule is CSC(SC)=C1CCCCC(=CC=Cc2ccccc2)C1=O. The molecule has 1 aromatic rings. The molecule has 0 N–H and O–H groups in total. The van der Waals surface area contributed by atoms with Crippen molar-refractivity contribution in [1.29, 1.82) is 0 Å². The Kier molecular flexibility index (Phi) is 7.07. The Labute approximate surface area is 142 Å². The van der Waals surface area contributed by atoms with E-state index >= 15 is 0 Å². The van der Waals surface area contributed by atoms with Crippen LogP contribution in [0, 0.1) is 0 Å². The molecular weight excluding hydrogens is 308 g/mol. The molecule has 2 rings (SSSR count). The molecule has 0 radical (unpaired) electrons.